The summed E-state index contributed by atoms with van der Waals surface area (Å²) in [6.45, 7) is 1.72. The lowest BCUT2D eigenvalue weighted by Crippen LogP contribution is -2.14. The molecule has 2 nitrogen and oxygen atoms in total. The van der Waals surface area contributed by atoms with Crippen molar-refractivity contribution >= 4 is 11.6 Å². The van der Waals surface area contributed by atoms with Crippen LogP contribution in [-0.4, -0.2) is 6.54 Å². The lowest BCUT2D eigenvalue weighted by Gasteiger charge is -2.03. The van der Waals surface area contributed by atoms with Crippen molar-refractivity contribution < 1.29 is 0 Å². The van der Waals surface area contributed by atoms with Gasteiger partial charge in [0.05, 0.1) is 6.07 Å². The smallest absolute Gasteiger partial charge is 0.0622 e. The van der Waals surface area contributed by atoms with E-state index in [0.29, 0.717) is 6.42 Å². The van der Waals surface area contributed by atoms with Gasteiger partial charge in [-0.3, -0.25) is 0 Å². The van der Waals surface area contributed by atoms with E-state index in [9.17, 15) is 0 Å². The minimum absolute atomic E-state index is 0.619. The third-order valence-electron chi connectivity index (χ3n) is 1.88. The predicted octanol–water partition coefficient (Wildman–Crippen LogP) is 2.73. The van der Waals surface area contributed by atoms with Gasteiger partial charge >= 0.3 is 0 Å². The molecule has 0 aliphatic heterocycles. The zero-order valence-electron chi connectivity index (χ0n) is 7.96. The highest BCUT2D eigenvalue weighted by Gasteiger charge is 1.92. The number of rotatable bonds is 5. The van der Waals surface area contributed by atoms with Crippen LogP contribution in [0.3, 0.4) is 0 Å². The molecule has 1 N–H and O–H groups in total. The van der Waals surface area contributed by atoms with Crippen LogP contribution in [0.15, 0.2) is 24.3 Å². The van der Waals surface area contributed by atoms with Gasteiger partial charge in [0.2, 0.25) is 0 Å². The van der Waals surface area contributed by atoms with Gasteiger partial charge in [0, 0.05) is 18.0 Å². The minimum atomic E-state index is 0.619. The van der Waals surface area contributed by atoms with Gasteiger partial charge in [-0.1, -0.05) is 23.7 Å². The van der Waals surface area contributed by atoms with Crippen molar-refractivity contribution in [3.8, 4) is 6.07 Å². The maximum Gasteiger partial charge on any atom is 0.0622 e. The molecule has 0 saturated heterocycles. The summed E-state index contributed by atoms with van der Waals surface area (Å²) in [7, 11) is 0. The Labute approximate surface area is 89.5 Å². The summed E-state index contributed by atoms with van der Waals surface area (Å²) >= 11 is 5.76. The van der Waals surface area contributed by atoms with Crippen LogP contribution >= 0.6 is 11.6 Å². The van der Waals surface area contributed by atoms with Crippen LogP contribution < -0.4 is 5.32 Å². The van der Waals surface area contributed by atoms with Crippen molar-refractivity contribution in [3.63, 3.8) is 0 Å². The largest absolute Gasteiger partial charge is 0.313 e. The first kappa shape index (κ1) is 11.0. The van der Waals surface area contributed by atoms with Crippen LogP contribution in [0.2, 0.25) is 5.02 Å². The van der Waals surface area contributed by atoms with Crippen LogP contribution in [0.4, 0.5) is 0 Å². The Morgan fingerprint density at radius 1 is 1.29 bits per heavy atom. The van der Waals surface area contributed by atoms with Gasteiger partial charge < -0.3 is 5.32 Å². The van der Waals surface area contributed by atoms with Gasteiger partial charge in [-0.15, -0.1) is 0 Å². The topological polar surface area (TPSA) is 35.8 Å². The Balaban J connectivity index is 2.19. The van der Waals surface area contributed by atoms with Gasteiger partial charge in [0.15, 0.2) is 0 Å². The van der Waals surface area contributed by atoms with Gasteiger partial charge in [0.1, 0.15) is 0 Å². The molecule has 0 saturated carbocycles. The molecule has 0 heterocycles. The van der Waals surface area contributed by atoms with Crippen molar-refractivity contribution in [3.05, 3.63) is 34.9 Å². The van der Waals surface area contributed by atoms with Crippen molar-refractivity contribution in [2.75, 3.05) is 6.54 Å². The highest BCUT2D eigenvalue weighted by molar-refractivity contribution is 6.30. The lowest BCUT2D eigenvalue weighted by molar-refractivity contribution is 0.657. The molecular weight excluding hydrogens is 196 g/mol. The summed E-state index contributed by atoms with van der Waals surface area (Å²) in [5.41, 5.74) is 1.21. The van der Waals surface area contributed by atoms with Gasteiger partial charge in [0.25, 0.3) is 0 Å². The number of nitrogens with zero attached hydrogens (tertiary/aromatic N) is 1. The summed E-state index contributed by atoms with van der Waals surface area (Å²) < 4.78 is 0. The first-order valence-corrected chi connectivity index (χ1v) is 5.03. The maximum atomic E-state index is 8.32. The Kier molecular flexibility index (Phi) is 5.06. The van der Waals surface area contributed by atoms with Gasteiger partial charge in [-0.2, -0.15) is 5.26 Å². The van der Waals surface area contributed by atoms with Crippen LogP contribution in [0.25, 0.3) is 0 Å². The average molecular weight is 209 g/mol. The van der Waals surface area contributed by atoms with E-state index in [1.54, 1.807) is 0 Å². The molecule has 0 atom stereocenters. The number of hydrogen-bond acceptors (Lipinski definition) is 2. The van der Waals surface area contributed by atoms with E-state index in [0.717, 1.165) is 24.5 Å². The quantitative estimate of drug-likeness (QED) is 0.756. The second-order valence-electron chi connectivity index (χ2n) is 3.06. The molecule has 0 amide bonds. The molecule has 1 aromatic carbocycles. The van der Waals surface area contributed by atoms with E-state index < -0.39 is 0 Å². The first-order chi connectivity index (χ1) is 6.83. The standard InChI is InChI=1S/C11H13ClN2/c12-11-5-3-10(4-6-11)9-14-8-2-1-7-13/h3-6,14H,1-2,8-9H2. The van der Waals surface area contributed by atoms with Crippen molar-refractivity contribution in [1.29, 1.82) is 5.26 Å². The normalized spacial score (nSPS) is 9.71. The Bertz CT molecular complexity index is 300. The van der Waals surface area contributed by atoms with Gasteiger partial charge in [-0.25, -0.2) is 0 Å². The summed E-state index contributed by atoms with van der Waals surface area (Å²) in [4.78, 5) is 0. The molecule has 1 rings (SSSR count). The van der Waals surface area contributed by atoms with Crippen LogP contribution in [0, 0.1) is 11.3 Å². The molecule has 0 spiro atoms. The molecular formula is C11H13ClN2. The number of halogens is 1. The van der Waals surface area contributed by atoms with Crippen molar-refractivity contribution in [2.24, 2.45) is 0 Å². The second kappa shape index (κ2) is 6.42. The summed E-state index contributed by atoms with van der Waals surface area (Å²) in [5.74, 6) is 0. The number of unbranched alkanes of at least 4 members (excludes halogenated alkanes) is 1. The SMILES string of the molecule is N#CCCCNCc1ccc(Cl)cc1. The number of hydrogen-bond donors (Lipinski definition) is 1. The van der Waals surface area contributed by atoms with E-state index >= 15 is 0 Å². The molecule has 0 fully saturated rings. The fourth-order valence-corrected chi connectivity index (χ4v) is 1.25. The molecule has 0 aliphatic rings. The molecule has 0 bridgehead atoms. The van der Waals surface area contributed by atoms with E-state index in [1.165, 1.54) is 5.56 Å². The van der Waals surface area contributed by atoms with Crippen molar-refractivity contribution in [1.82, 2.24) is 5.32 Å². The molecule has 0 aliphatic carbocycles. The van der Waals surface area contributed by atoms with Crippen LogP contribution in [-0.2, 0) is 6.54 Å². The highest BCUT2D eigenvalue weighted by atomic mass is 35.5. The van der Waals surface area contributed by atoms with E-state index in [1.807, 2.05) is 24.3 Å². The van der Waals surface area contributed by atoms with Crippen LogP contribution in [0.5, 0.6) is 0 Å². The molecule has 0 aromatic heterocycles. The van der Waals surface area contributed by atoms with Crippen LogP contribution in [0.1, 0.15) is 18.4 Å². The van der Waals surface area contributed by atoms with Gasteiger partial charge in [-0.05, 0) is 30.7 Å². The number of nitriles is 1. The zero-order valence-corrected chi connectivity index (χ0v) is 8.72. The maximum absolute atomic E-state index is 8.32. The average Bonchev–Trinajstić information content (AvgIpc) is 2.21. The zero-order chi connectivity index (χ0) is 10.2. The third kappa shape index (κ3) is 4.27. The summed E-state index contributed by atoms with van der Waals surface area (Å²) in [6, 6.07) is 9.88. The van der Waals surface area contributed by atoms with E-state index in [4.69, 9.17) is 16.9 Å². The lowest BCUT2D eigenvalue weighted by atomic mass is 10.2. The molecule has 0 unspecified atom stereocenters. The fraction of sp³-hybridized carbons (Fsp3) is 0.364. The Hall–Kier alpha value is -1.04. The number of nitrogens with one attached hydrogen (secondary N) is 1. The Morgan fingerprint density at radius 3 is 2.64 bits per heavy atom. The molecule has 0 radical (unpaired) electrons. The summed E-state index contributed by atoms with van der Waals surface area (Å²) in [6.07, 6.45) is 1.53. The number of benzene rings is 1. The molecule has 3 heteroatoms. The highest BCUT2D eigenvalue weighted by Crippen LogP contribution is 2.08. The fourth-order valence-electron chi connectivity index (χ4n) is 1.13. The summed E-state index contributed by atoms with van der Waals surface area (Å²) in [5, 5.41) is 12.3. The van der Waals surface area contributed by atoms with E-state index in [-0.39, 0.29) is 0 Å². The monoisotopic (exact) mass is 208 g/mol. The minimum Gasteiger partial charge on any atom is -0.313 e. The van der Waals surface area contributed by atoms with E-state index in [2.05, 4.69) is 11.4 Å². The third-order valence-corrected chi connectivity index (χ3v) is 2.14. The molecule has 74 valence electrons. The predicted molar refractivity (Wildman–Crippen MR) is 58.0 cm³/mol. The van der Waals surface area contributed by atoms with Crippen molar-refractivity contribution in [2.45, 2.75) is 19.4 Å². The molecule has 14 heavy (non-hydrogen) atoms. The second-order valence-corrected chi connectivity index (χ2v) is 3.50. The Morgan fingerprint density at radius 2 is 2.00 bits per heavy atom. The molecule has 1 aromatic rings. The first-order valence-electron chi connectivity index (χ1n) is 4.65.